The van der Waals surface area contributed by atoms with Gasteiger partial charge < -0.3 is 10.5 Å². The van der Waals surface area contributed by atoms with Crippen molar-refractivity contribution in [2.75, 3.05) is 12.8 Å². The number of hydrogen-bond donors (Lipinski definition) is 1. The lowest BCUT2D eigenvalue weighted by Gasteiger charge is -2.07. The monoisotopic (exact) mass is 299 g/mol. The Balaban J connectivity index is 2.61. The first kappa shape index (κ1) is 11.9. The summed E-state index contributed by atoms with van der Waals surface area (Å²) in [7, 11) is 3.22. The summed E-state index contributed by atoms with van der Waals surface area (Å²) in [5.41, 5.74) is 7.04. The summed E-state index contributed by atoms with van der Waals surface area (Å²) in [6.45, 7) is 0. The lowest BCUT2D eigenvalue weighted by Crippen LogP contribution is -1.97. The number of nitrogens with zero attached hydrogens (tertiary/aromatic N) is 2. The van der Waals surface area contributed by atoms with Gasteiger partial charge in [0.05, 0.1) is 17.3 Å². The number of methoxy groups -OCH3 is 1. The van der Waals surface area contributed by atoms with E-state index in [1.165, 1.54) is 13.2 Å². The second kappa shape index (κ2) is 4.37. The van der Waals surface area contributed by atoms with Crippen LogP contribution in [0, 0.1) is 5.82 Å². The molecule has 0 aliphatic heterocycles. The molecule has 0 aliphatic rings. The van der Waals surface area contributed by atoms with Crippen molar-refractivity contribution in [1.82, 2.24) is 9.78 Å². The Labute approximate surface area is 106 Å². The first-order valence-electron chi connectivity index (χ1n) is 4.86. The summed E-state index contributed by atoms with van der Waals surface area (Å²) in [6.07, 6.45) is 0. The third-order valence-corrected chi connectivity index (χ3v) is 3.04. The number of rotatable bonds is 2. The van der Waals surface area contributed by atoms with Crippen LogP contribution in [0.1, 0.15) is 0 Å². The van der Waals surface area contributed by atoms with Gasteiger partial charge in [0, 0.05) is 24.7 Å². The second-order valence-electron chi connectivity index (χ2n) is 3.54. The van der Waals surface area contributed by atoms with Gasteiger partial charge in [0.25, 0.3) is 0 Å². The van der Waals surface area contributed by atoms with Gasteiger partial charge in [0.1, 0.15) is 17.4 Å². The van der Waals surface area contributed by atoms with E-state index in [-0.39, 0.29) is 5.82 Å². The molecule has 90 valence electrons. The number of hydrogen-bond acceptors (Lipinski definition) is 3. The SMILES string of the molecule is COc1cc(F)c(Br)cc1-c1cc(N)n(C)n1. The van der Waals surface area contributed by atoms with E-state index in [4.69, 9.17) is 10.5 Å². The highest BCUT2D eigenvalue weighted by molar-refractivity contribution is 9.10. The zero-order chi connectivity index (χ0) is 12.6. The molecule has 2 N–H and O–H groups in total. The van der Waals surface area contributed by atoms with E-state index < -0.39 is 0 Å². The summed E-state index contributed by atoms with van der Waals surface area (Å²) < 4.78 is 20.4. The molecule has 0 saturated carbocycles. The zero-order valence-corrected chi connectivity index (χ0v) is 11.0. The van der Waals surface area contributed by atoms with E-state index in [1.54, 1.807) is 23.9 Å². The van der Waals surface area contributed by atoms with E-state index in [0.29, 0.717) is 27.3 Å². The quantitative estimate of drug-likeness (QED) is 0.927. The molecule has 0 fully saturated rings. The van der Waals surface area contributed by atoms with Crippen LogP contribution in [0.3, 0.4) is 0 Å². The van der Waals surface area contributed by atoms with Crippen LogP contribution in [0.4, 0.5) is 10.2 Å². The van der Waals surface area contributed by atoms with Crippen LogP contribution < -0.4 is 10.5 Å². The van der Waals surface area contributed by atoms with E-state index in [9.17, 15) is 4.39 Å². The van der Waals surface area contributed by atoms with E-state index in [0.717, 1.165) is 0 Å². The average molecular weight is 300 g/mol. The molecular formula is C11H11BrFN3O. The Bertz CT molecular complexity index is 549. The van der Waals surface area contributed by atoms with Crippen LogP contribution in [-0.2, 0) is 7.05 Å². The van der Waals surface area contributed by atoms with E-state index in [2.05, 4.69) is 21.0 Å². The first-order chi connectivity index (χ1) is 8.02. The molecule has 2 aromatic rings. The number of nitrogens with two attached hydrogens (primary N) is 1. The fraction of sp³-hybridized carbons (Fsp3) is 0.182. The van der Waals surface area contributed by atoms with Crippen molar-refractivity contribution < 1.29 is 9.13 Å². The predicted molar refractivity (Wildman–Crippen MR) is 67.3 cm³/mol. The molecule has 1 aromatic carbocycles. The third-order valence-electron chi connectivity index (χ3n) is 2.43. The largest absolute Gasteiger partial charge is 0.496 e. The smallest absolute Gasteiger partial charge is 0.141 e. The van der Waals surface area contributed by atoms with Crippen molar-refractivity contribution in [2.45, 2.75) is 0 Å². The molecule has 1 heterocycles. The van der Waals surface area contributed by atoms with Gasteiger partial charge in [-0.3, -0.25) is 4.68 Å². The summed E-state index contributed by atoms with van der Waals surface area (Å²) >= 11 is 3.14. The number of halogens is 2. The zero-order valence-electron chi connectivity index (χ0n) is 9.37. The molecule has 0 amide bonds. The maximum Gasteiger partial charge on any atom is 0.141 e. The van der Waals surface area contributed by atoms with Crippen LogP contribution >= 0.6 is 15.9 Å². The van der Waals surface area contributed by atoms with Crippen molar-refractivity contribution in [3.63, 3.8) is 0 Å². The Morgan fingerprint density at radius 2 is 2.12 bits per heavy atom. The van der Waals surface area contributed by atoms with Gasteiger partial charge in [-0.05, 0) is 22.0 Å². The number of aryl methyl sites for hydroxylation is 1. The second-order valence-corrected chi connectivity index (χ2v) is 4.40. The van der Waals surface area contributed by atoms with Crippen LogP contribution in [0.5, 0.6) is 5.75 Å². The minimum atomic E-state index is -0.380. The van der Waals surface area contributed by atoms with E-state index in [1.807, 2.05) is 0 Å². The molecule has 0 atom stereocenters. The summed E-state index contributed by atoms with van der Waals surface area (Å²) in [4.78, 5) is 0. The lowest BCUT2D eigenvalue weighted by atomic mass is 10.1. The van der Waals surface area contributed by atoms with Crippen molar-refractivity contribution in [1.29, 1.82) is 0 Å². The Hall–Kier alpha value is -1.56. The van der Waals surface area contributed by atoms with Crippen molar-refractivity contribution in [3.05, 3.63) is 28.5 Å². The number of benzene rings is 1. The Morgan fingerprint density at radius 3 is 2.65 bits per heavy atom. The van der Waals surface area contributed by atoms with E-state index >= 15 is 0 Å². The van der Waals surface area contributed by atoms with Crippen LogP contribution in [0.15, 0.2) is 22.7 Å². The first-order valence-corrected chi connectivity index (χ1v) is 5.65. The minimum Gasteiger partial charge on any atom is -0.496 e. The number of nitrogen functional groups attached to an aromatic ring is 1. The minimum absolute atomic E-state index is 0.359. The van der Waals surface area contributed by atoms with Gasteiger partial charge in [0.2, 0.25) is 0 Å². The predicted octanol–water partition coefficient (Wildman–Crippen LogP) is 2.58. The fourth-order valence-corrected chi connectivity index (χ4v) is 1.85. The Kier molecular flexibility index (Phi) is 3.06. The average Bonchev–Trinajstić information content (AvgIpc) is 2.62. The van der Waals surface area contributed by atoms with Crippen molar-refractivity contribution in [2.24, 2.45) is 7.05 Å². The van der Waals surface area contributed by atoms with Gasteiger partial charge in [0.15, 0.2) is 0 Å². The molecule has 0 aliphatic carbocycles. The molecule has 0 saturated heterocycles. The summed E-state index contributed by atoms with van der Waals surface area (Å²) in [6, 6.07) is 4.64. The van der Waals surface area contributed by atoms with Gasteiger partial charge in [-0.2, -0.15) is 5.10 Å². The fourth-order valence-electron chi connectivity index (χ4n) is 1.51. The third kappa shape index (κ3) is 2.12. The lowest BCUT2D eigenvalue weighted by molar-refractivity contribution is 0.412. The summed E-state index contributed by atoms with van der Waals surface area (Å²) in [5, 5.41) is 4.23. The number of aromatic nitrogens is 2. The molecule has 0 radical (unpaired) electrons. The van der Waals surface area contributed by atoms with Crippen LogP contribution in [0.2, 0.25) is 0 Å². The normalized spacial score (nSPS) is 10.6. The molecule has 6 heteroatoms. The van der Waals surface area contributed by atoms with Gasteiger partial charge in [-0.15, -0.1) is 0 Å². The Morgan fingerprint density at radius 1 is 1.41 bits per heavy atom. The van der Waals surface area contributed by atoms with Gasteiger partial charge in [-0.1, -0.05) is 0 Å². The maximum absolute atomic E-state index is 13.4. The number of ether oxygens (including phenoxy) is 1. The molecule has 1 aromatic heterocycles. The maximum atomic E-state index is 13.4. The van der Waals surface area contributed by atoms with Gasteiger partial charge >= 0.3 is 0 Å². The molecule has 2 rings (SSSR count). The van der Waals surface area contributed by atoms with Crippen LogP contribution in [0.25, 0.3) is 11.3 Å². The highest BCUT2D eigenvalue weighted by Crippen LogP contribution is 2.34. The highest BCUT2D eigenvalue weighted by Gasteiger charge is 2.14. The molecule has 17 heavy (non-hydrogen) atoms. The van der Waals surface area contributed by atoms with Gasteiger partial charge in [-0.25, -0.2) is 4.39 Å². The molecule has 0 spiro atoms. The standard InChI is InChI=1S/C11H11BrFN3O/c1-16-11(14)5-9(15-16)6-3-7(12)8(13)4-10(6)17-2/h3-5H,14H2,1-2H3. The molecule has 0 bridgehead atoms. The number of anilines is 1. The molecule has 0 unspecified atom stereocenters. The highest BCUT2D eigenvalue weighted by atomic mass is 79.9. The topological polar surface area (TPSA) is 53.1 Å². The summed E-state index contributed by atoms with van der Waals surface area (Å²) in [5.74, 6) is 0.570. The van der Waals surface area contributed by atoms with Crippen molar-refractivity contribution in [3.8, 4) is 17.0 Å². The molecule has 4 nitrogen and oxygen atoms in total. The van der Waals surface area contributed by atoms with Crippen LogP contribution in [-0.4, -0.2) is 16.9 Å². The molecular weight excluding hydrogens is 289 g/mol. The van der Waals surface area contributed by atoms with Crippen molar-refractivity contribution >= 4 is 21.7 Å².